The maximum atomic E-state index is 12.9. The monoisotopic (exact) mass is 320 g/mol. The van der Waals surface area contributed by atoms with Crippen molar-refractivity contribution in [1.29, 1.82) is 0 Å². The number of hydrogen-bond acceptors (Lipinski definition) is 4. The summed E-state index contributed by atoms with van der Waals surface area (Å²) in [6.45, 7) is 0.559. The number of rotatable bonds is 5. The largest absolute Gasteiger partial charge is 0.423 e. The topological polar surface area (TPSA) is 55.2 Å². The highest BCUT2D eigenvalue weighted by molar-refractivity contribution is 8.00. The highest BCUT2D eigenvalue weighted by atomic mass is 32.2. The second-order valence-electron chi connectivity index (χ2n) is 5.08. The third-order valence-corrected chi connectivity index (χ3v) is 5.23. The van der Waals surface area contributed by atoms with Crippen molar-refractivity contribution >= 4 is 23.1 Å². The number of nitrogens with zero attached hydrogens (tertiary/aromatic N) is 1. The Bertz CT molecular complexity index is 539. The molecule has 0 unspecified atom stereocenters. The van der Waals surface area contributed by atoms with E-state index < -0.39 is 22.4 Å². The van der Waals surface area contributed by atoms with E-state index in [-0.39, 0.29) is 10.4 Å². The fourth-order valence-electron chi connectivity index (χ4n) is 2.32. The highest BCUT2D eigenvalue weighted by Crippen LogP contribution is 2.43. The molecular weight excluding hydrogens is 305 g/mol. The van der Waals surface area contributed by atoms with Crippen molar-refractivity contribution in [3.8, 4) is 0 Å². The number of nitrogens with one attached hydrogen (secondary N) is 1. The Morgan fingerprint density at radius 1 is 1.43 bits per heavy atom. The van der Waals surface area contributed by atoms with Crippen molar-refractivity contribution in [1.82, 2.24) is 0 Å². The van der Waals surface area contributed by atoms with Crippen molar-refractivity contribution in [2.45, 2.75) is 30.2 Å². The molecule has 1 aliphatic carbocycles. The van der Waals surface area contributed by atoms with E-state index in [0.29, 0.717) is 6.54 Å². The molecule has 1 aromatic rings. The average Bonchev–Trinajstić information content (AvgIpc) is 2.36. The maximum Gasteiger partial charge on any atom is 0.423 e. The molecule has 0 radical (unpaired) electrons. The van der Waals surface area contributed by atoms with E-state index in [2.05, 4.69) is 5.32 Å². The fraction of sp³-hybridized carbons (Fsp3) is 0.538. The minimum Gasteiger partial charge on any atom is -0.384 e. The Hall–Kier alpha value is -1.44. The zero-order chi connectivity index (χ0) is 15.7. The Morgan fingerprint density at radius 3 is 2.52 bits per heavy atom. The van der Waals surface area contributed by atoms with Crippen LogP contribution in [0, 0.1) is 10.1 Å². The Kier molecular flexibility index (Phi) is 4.36. The van der Waals surface area contributed by atoms with E-state index >= 15 is 0 Å². The third kappa shape index (κ3) is 3.42. The van der Waals surface area contributed by atoms with Crippen LogP contribution in [0.3, 0.4) is 0 Å². The number of benzene rings is 1. The first-order valence-electron chi connectivity index (χ1n) is 6.42. The molecule has 0 aromatic heterocycles. The lowest BCUT2D eigenvalue weighted by Crippen LogP contribution is -2.40. The van der Waals surface area contributed by atoms with Gasteiger partial charge in [0.1, 0.15) is 5.56 Å². The first-order chi connectivity index (χ1) is 9.77. The summed E-state index contributed by atoms with van der Waals surface area (Å²) in [5.41, 5.74) is -1.88. The lowest BCUT2D eigenvalue weighted by atomic mass is 9.84. The van der Waals surface area contributed by atoms with E-state index in [1.54, 1.807) is 11.8 Å². The average molecular weight is 320 g/mol. The summed E-state index contributed by atoms with van der Waals surface area (Å²) in [5, 5.41) is 13.7. The van der Waals surface area contributed by atoms with Crippen LogP contribution in [-0.2, 0) is 6.18 Å². The van der Waals surface area contributed by atoms with E-state index in [1.807, 2.05) is 6.26 Å². The van der Waals surface area contributed by atoms with Crippen LogP contribution in [0.4, 0.5) is 24.5 Å². The Morgan fingerprint density at radius 2 is 2.10 bits per heavy atom. The Labute approximate surface area is 124 Å². The molecular formula is C13H15F3N2O2S. The zero-order valence-electron chi connectivity index (χ0n) is 11.4. The first-order valence-corrected chi connectivity index (χ1v) is 7.65. The highest BCUT2D eigenvalue weighted by Gasteiger charge is 2.39. The molecule has 0 aliphatic heterocycles. The van der Waals surface area contributed by atoms with Crippen LogP contribution in [0.2, 0.25) is 0 Å². The lowest BCUT2D eigenvalue weighted by molar-refractivity contribution is -0.388. The molecule has 0 atom stereocenters. The van der Waals surface area contributed by atoms with Crippen molar-refractivity contribution < 1.29 is 18.1 Å². The van der Waals surface area contributed by atoms with Crippen LogP contribution >= 0.6 is 11.8 Å². The number of nitro groups is 1. The fourth-order valence-corrected chi connectivity index (χ4v) is 3.23. The number of hydrogen-bond donors (Lipinski definition) is 1. The van der Waals surface area contributed by atoms with E-state index in [1.165, 1.54) is 6.07 Å². The summed E-state index contributed by atoms with van der Waals surface area (Å²) < 4.78 is 38.7. The maximum absolute atomic E-state index is 12.9. The molecule has 0 heterocycles. The van der Waals surface area contributed by atoms with Gasteiger partial charge in [-0.2, -0.15) is 24.9 Å². The number of halogens is 3. The summed E-state index contributed by atoms with van der Waals surface area (Å²) in [6, 6.07) is 3.03. The van der Waals surface area contributed by atoms with Crippen LogP contribution in [0.1, 0.15) is 24.8 Å². The minimum absolute atomic E-state index is 0.0696. The molecule has 0 saturated heterocycles. The molecule has 116 valence electrons. The van der Waals surface area contributed by atoms with Crippen molar-refractivity contribution in [2.75, 3.05) is 18.1 Å². The van der Waals surface area contributed by atoms with Gasteiger partial charge < -0.3 is 5.32 Å². The minimum atomic E-state index is -4.74. The van der Waals surface area contributed by atoms with Gasteiger partial charge >= 0.3 is 6.18 Å². The Balaban J connectivity index is 2.20. The third-order valence-electron chi connectivity index (χ3n) is 3.81. The predicted molar refractivity (Wildman–Crippen MR) is 76.7 cm³/mol. The van der Waals surface area contributed by atoms with E-state index in [4.69, 9.17) is 0 Å². The van der Waals surface area contributed by atoms with Crippen LogP contribution in [-0.4, -0.2) is 22.5 Å². The number of anilines is 1. The van der Waals surface area contributed by atoms with Gasteiger partial charge in [-0.1, -0.05) is 6.42 Å². The summed E-state index contributed by atoms with van der Waals surface area (Å²) in [6.07, 6.45) is 0.419. The van der Waals surface area contributed by atoms with Gasteiger partial charge in [-0.05, 0) is 31.2 Å². The van der Waals surface area contributed by atoms with Gasteiger partial charge in [-0.25, -0.2) is 0 Å². The molecule has 1 aliphatic rings. The molecule has 0 spiro atoms. The molecule has 4 nitrogen and oxygen atoms in total. The van der Waals surface area contributed by atoms with Crippen LogP contribution < -0.4 is 5.32 Å². The molecule has 0 amide bonds. The van der Waals surface area contributed by atoms with Gasteiger partial charge in [0, 0.05) is 23.0 Å². The van der Waals surface area contributed by atoms with Gasteiger partial charge in [0.05, 0.1) is 4.92 Å². The molecule has 1 aromatic carbocycles. The summed E-state index contributed by atoms with van der Waals surface area (Å²) in [4.78, 5) is 9.67. The summed E-state index contributed by atoms with van der Waals surface area (Å²) in [5.74, 6) is 0. The standard InChI is InChI=1S/C13H15F3N2O2S/c1-21-12(5-2-6-12)8-17-9-3-4-11(18(19)20)10(7-9)13(14,15)16/h3-4,7,17H,2,5-6,8H2,1H3. The molecule has 1 N–H and O–H groups in total. The van der Waals surface area contributed by atoms with Crippen LogP contribution in [0.25, 0.3) is 0 Å². The van der Waals surface area contributed by atoms with Gasteiger partial charge in [-0.3, -0.25) is 10.1 Å². The summed E-state index contributed by atoms with van der Waals surface area (Å²) in [7, 11) is 0. The van der Waals surface area contributed by atoms with Crippen molar-refractivity contribution in [3.05, 3.63) is 33.9 Å². The summed E-state index contributed by atoms with van der Waals surface area (Å²) >= 11 is 1.70. The first kappa shape index (κ1) is 15.9. The second kappa shape index (κ2) is 5.75. The quantitative estimate of drug-likeness (QED) is 0.649. The van der Waals surface area contributed by atoms with Crippen molar-refractivity contribution in [2.24, 2.45) is 0 Å². The normalized spacial score (nSPS) is 17.1. The van der Waals surface area contributed by atoms with Gasteiger partial charge in [0.25, 0.3) is 5.69 Å². The van der Waals surface area contributed by atoms with E-state index in [0.717, 1.165) is 31.4 Å². The predicted octanol–water partition coefficient (Wildman–Crippen LogP) is 4.31. The van der Waals surface area contributed by atoms with Crippen LogP contribution in [0.5, 0.6) is 0 Å². The van der Waals surface area contributed by atoms with E-state index in [9.17, 15) is 23.3 Å². The lowest BCUT2D eigenvalue weighted by Gasteiger charge is -2.40. The van der Waals surface area contributed by atoms with Gasteiger partial charge in [-0.15, -0.1) is 0 Å². The van der Waals surface area contributed by atoms with Gasteiger partial charge in [0.15, 0.2) is 0 Å². The van der Waals surface area contributed by atoms with Crippen LogP contribution in [0.15, 0.2) is 18.2 Å². The number of nitro benzene ring substituents is 1. The molecule has 8 heteroatoms. The molecule has 1 fully saturated rings. The number of thioether (sulfide) groups is 1. The second-order valence-corrected chi connectivity index (χ2v) is 6.36. The SMILES string of the molecule is CSC1(CNc2ccc([N+](=O)[O-])c(C(F)(F)F)c2)CCC1. The smallest absolute Gasteiger partial charge is 0.384 e. The van der Waals surface area contributed by atoms with Gasteiger partial charge in [0.2, 0.25) is 0 Å². The number of alkyl halides is 3. The van der Waals surface area contributed by atoms with Crippen molar-refractivity contribution in [3.63, 3.8) is 0 Å². The molecule has 1 saturated carbocycles. The molecule has 2 rings (SSSR count). The molecule has 21 heavy (non-hydrogen) atoms. The zero-order valence-corrected chi connectivity index (χ0v) is 12.2. The molecule has 0 bridgehead atoms.